The van der Waals surface area contributed by atoms with Gasteiger partial charge in [0.25, 0.3) is 5.91 Å². The molecule has 27 heavy (non-hydrogen) atoms. The zero-order valence-electron chi connectivity index (χ0n) is 15.1. The lowest BCUT2D eigenvalue weighted by Gasteiger charge is -2.32. The number of fused-ring (bicyclic) bond motifs is 1. The van der Waals surface area contributed by atoms with Crippen LogP contribution in [0, 0.1) is 0 Å². The summed E-state index contributed by atoms with van der Waals surface area (Å²) in [5.41, 5.74) is 1.87. The van der Waals surface area contributed by atoms with Gasteiger partial charge in [-0.15, -0.1) is 29.7 Å². The zero-order valence-corrected chi connectivity index (χ0v) is 16.8. The Morgan fingerprint density at radius 1 is 1.44 bits per heavy atom. The number of rotatable bonds is 5. The lowest BCUT2D eigenvalue weighted by Crippen LogP contribution is -2.51. The molecule has 0 spiro atoms. The normalized spacial score (nSPS) is 24.1. The molecule has 0 unspecified atom stereocenters. The molecule has 4 rings (SSSR count). The van der Waals surface area contributed by atoms with Crippen molar-refractivity contribution in [2.75, 3.05) is 17.2 Å². The van der Waals surface area contributed by atoms with E-state index in [1.54, 1.807) is 27.6 Å². The second-order valence-corrected chi connectivity index (χ2v) is 9.22. The molecule has 2 aliphatic heterocycles. The van der Waals surface area contributed by atoms with E-state index in [0.29, 0.717) is 23.8 Å². The molecule has 7 heteroatoms. The van der Waals surface area contributed by atoms with Gasteiger partial charge in [0.2, 0.25) is 5.91 Å². The van der Waals surface area contributed by atoms with Gasteiger partial charge in [-0.2, -0.15) is 0 Å². The maximum atomic E-state index is 13.3. The summed E-state index contributed by atoms with van der Waals surface area (Å²) in [5.74, 6) is 0.630. The van der Waals surface area contributed by atoms with Crippen molar-refractivity contribution in [3.63, 3.8) is 0 Å². The fourth-order valence-corrected chi connectivity index (χ4v) is 5.98. The molecule has 0 N–H and O–H groups in total. The van der Waals surface area contributed by atoms with Gasteiger partial charge < -0.3 is 4.90 Å². The van der Waals surface area contributed by atoms with E-state index in [4.69, 9.17) is 0 Å². The summed E-state index contributed by atoms with van der Waals surface area (Å²) in [6.07, 6.45) is 3.02. The first-order valence-electron chi connectivity index (χ1n) is 8.93. The van der Waals surface area contributed by atoms with Gasteiger partial charge in [-0.05, 0) is 13.3 Å². The van der Waals surface area contributed by atoms with E-state index < -0.39 is 6.04 Å². The third-order valence-corrected chi connectivity index (χ3v) is 7.47. The molecule has 1 aromatic heterocycles. The van der Waals surface area contributed by atoms with Crippen molar-refractivity contribution in [2.24, 2.45) is 0 Å². The highest BCUT2D eigenvalue weighted by Crippen LogP contribution is 2.47. The second kappa shape index (κ2) is 7.13. The van der Waals surface area contributed by atoms with Crippen molar-refractivity contribution in [3.05, 3.63) is 48.4 Å². The summed E-state index contributed by atoms with van der Waals surface area (Å²) < 4.78 is 0. The van der Waals surface area contributed by atoms with Crippen molar-refractivity contribution in [2.45, 2.75) is 30.7 Å². The number of thiazole rings is 1. The van der Waals surface area contributed by atoms with E-state index in [1.807, 2.05) is 35.7 Å². The van der Waals surface area contributed by atoms with Crippen molar-refractivity contribution in [1.82, 2.24) is 9.88 Å². The van der Waals surface area contributed by atoms with Crippen LogP contribution in [0.3, 0.4) is 0 Å². The zero-order chi connectivity index (χ0) is 19.0. The molecule has 0 bridgehead atoms. The third kappa shape index (κ3) is 3.19. The summed E-state index contributed by atoms with van der Waals surface area (Å²) in [7, 11) is 0. The van der Waals surface area contributed by atoms with Crippen LogP contribution in [0.2, 0.25) is 0 Å². The number of nitrogens with zero attached hydrogens (tertiary/aromatic N) is 3. The Balaban J connectivity index is 1.62. The van der Waals surface area contributed by atoms with E-state index in [-0.39, 0.29) is 16.7 Å². The van der Waals surface area contributed by atoms with Crippen LogP contribution in [-0.2, 0) is 9.59 Å². The van der Waals surface area contributed by atoms with Gasteiger partial charge in [-0.25, -0.2) is 4.98 Å². The molecule has 2 atom stereocenters. The number of aromatic nitrogens is 1. The van der Waals surface area contributed by atoms with Crippen LogP contribution in [0.4, 0.5) is 5.13 Å². The molecule has 2 amide bonds. The Labute approximate surface area is 167 Å². The van der Waals surface area contributed by atoms with Crippen LogP contribution < -0.4 is 4.90 Å². The maximum Gasteiger partial charge on any atom is 0.252 e. The Hall–Kier alpha value is -2.12. The highest BCUT2D eigenvalue weighted by Gasteiger charge is 2.53. The molecule has 140 valence electrons. The molecule has 2 aliphatic rings. The van der Waals surface area contributed by atoms with Crippen LogP contribution in [0.5, 0.6) is 0 Å². The molecule has 5 nitrogen and oxygen atoms in total. The Bertz CT molecular complexity index is 882. The minimum Gasteiger partial charge on any atom is -0.315 e. The average Bonchev–Trinajstić information content (AvgIpc) is 3.36. The highest BCUT2D eigenvalue weighted by molar-refractivity contribution is 8.01. The standard InChI is InChI=1S/C20H21N3O2S2/c1-3-11-22(19-21-15(12-26-19)14-7-5-4-6-8-14)18(25)16-13-27-20(2)10-9-17(24)23(16)20/h3-8,12,16H,1,9-11,13H2,2H3/t16-,20-/m1/s1. The monoisotopic (exact) mass is 399 g/mol. The van der Waals surface area contributed by atoms with Crippen LogP contribution in [-0.4, -0.2) is 44.9 Å². The van der Waals surface area contributed by atoms with Crippen molar-refractivity contribution < 1.29 is 9.59 Å². The van der Waals surface area contributed by atoms with Gasteiger partial charge in [0.05, 0.1) is 10.6 Å². The van der Waals surface area contributed by atoms with Crippen LogP contribution >= 0.6 is 23.1 Å². The fourth-order valence-electron chi connectivity index (χ4n) is 3.70. The summed E-state index contributed by atoms with van der Waals surface area (Å²) in [6, 6.07) is 9.47. The Kier molecular flexibility index (Phi) is 4.82. The number of anilines is 1. The molecule has 3 heterocycles. The minimum atomic E-state index is -0.431. The van der Waals surface area contributed by atoms with Crippen LogP contribution in [0.1, 0.15) is 19.8 Å². The third-order valence-electron chi connectivity index (χ3n) is 5.10. The predicted molar refractivity (Wildman–Crippen MR) is 111 cm³/mol. The molecule has 1 aromatic carbocycles. The number of carbonyl (C=O) groups excluding carboxylic acids is 2. The smallest absolute Gasteiger partial charge is 0.252 e. The lowest BCUT2D eigenvalue weighted by atomic mass is 10.2. The van der Waals surface area contributed by atoms with Gasteiger partial charge in [-0.1, -0.05) is 36.4 Å². The summed E-state index contributed by atoms with van der Waals surface area (Å²) in [4.78, 5) is 33.6. The first-order chi connectivity index (χ1) is 13.0. The number of hydrogen-bond acceptors (Lipinski definition) is 5. The van der Waals surface area contributed by atoms with E-state index in [1.165, 1.54) is 11.3 Å². The van der Waals surface area contributed by atoms with Gasteiger partial charge >= 0.3 is 0 Å². The number of hydrogen-bond donors (Lipinski definition) is 0. The molecular formula is C20H21N3O2S2. The number of carbonyl (C=O) groups is 2. The van der Waals surface area contributed by atoms with Gasteiger partial charge in [0, 0.05) is 29.7 Å². The molecular weight excluding hydrogens is 378 g/mol. The molecule has 0 radical (unpaired) electrons. The Morgan fingerprint density at radius 3 is 2.96 bits per heavy atom. The first-order valence-corrected chi connectivity index (χ1v) is 10.8. The topological polar surface area (TPSA) is 53.5 Å². The number of benzene rings is 1. The lowest BCUT2D eigenvalue weighted by molar-refractivity contribution is -0.136. The predicted octanol–water partition coefficient (Wildman–Crippen LogP) is 3.78. The van der Waals surface area contributed by atoms with Gasteiger partial charge in [-0.3, -0.25) is 14.5 Å². The largest absolute Gasteiger partial charge is 0.315 e. The molecule has 0 saturated carbocycles. The minimum absolute atomic E-state index is 0.0727. The summed E-state index contributed by atoms with van der Waals surface area (Å²) >= 11 is 3.14. The van der Waals surface area contributed by atoms with Gasteiger partial charge in [0.1, 0.15) is 6.04 Å². The molecule has 2 saturated heterocycles. The molecule has 2 fully saturated rings. The number of thioether (sulfide) groups is 1. The van der Waals surface area contributed by atoms with E-state index in [9.17, 15) is 9.59 Å². The Morgan fingerprint density at radius 2 is 2.22 bits per heavy atom. The number of amides is 2. The highest BCUT2D eigenvalue weighted by atomic mass is 32.2. The van der Waals surface area contributed by atoms with Crippen LogP contribution in [0.15, 0.2) is 48.4 Å². The van der Waals surface area contributed by atoms with Crippen LogP contribution in [0.25, 0.3) is 11.3 Å². The SMILES string of the molecule is C=CCN(C(=O)[C@H]1CS[C@]2(C)CCC(=O)N12)c1nc(-c2ccccc2)cs1. The van der Waals surface area contributed by atoms with Crippen molar-refractivity contribution >= 4 is 40.0 Å². The van der Waals surface area contributed by atoms with Crippen molar-refractivity contribution in [1.29, 1.82) is 0 Å². The second-order valence-electron chi connectivity index (χ2n) is 6.88. The van der Waals surface area contributed by atoms with E-state index in [0.717, 1.165) is 17.7 Å². The fraction of sp³-hybridized carbons (Fsp3) is 0.350. The maximum absolute atomic E-state index is 13.3. The summed E-state index contributed by atoms with van der Waals surface area (Å²) in [6.45, 7) is 6.23. The van der Waals surface area contributed by atoms with Gasteiger partial charge in [0.15, 0.2) is 5.13 Å². The molecule has 0 aliphatic carbocycles. The van der Waals surface area contributed by atoms with E-state index in [2.05, 4.69) is 18.5 Å². The quantitative estimate of drug-likeness (QED) is 0.718. The summed E-state index contributed by atoms with van der Waals surface area (Å²) in [5, 5.41) is 2.60. The molecule has 2 aromatic rings. The van der Waals surface area contributed by atoms with Crippen molar-refractivity contribution in [3.8, 4) is 11.3 Å². The van der Waals surface area contributed by atoms with E-state index >= 15 is 0 Å². The first kappa shape index (κ1) is 18.3. The average molecular weight is 400 g/mol.